The topological polar surface area (TPSA) is 0 Å². The van der Waals surface area contributed by atoms with Gasteiger partial charge in [-0.3, -0.25) is 0 Å². The van der Waals surface area contributed by atoms with Crippen LogP contribution < -0.4 is 0 Å². The number of halogens is 1. The summed E-state index contributed by atoms with van der Waals surface area (Å²) < 4.78 is 1.13. The first kappa shape index (κ1) is 9.47. The van der Waals surface area contributed by atoms with Gasteiger partial charge >= 0.3 is 0 Å². The van der Waals surface area contributed by atoms with Gasteiger partial charge in [0.2, 0.25) is 0 Å². The molecule has 1 aromatic rings. The van der Waals surface area contributed by atoms with E-state index in [0.717, 1.165) is 4.47 Å². The number of allylic oxidation sites excluding steroid dienone is 6. The molecule has 0 atom stereocenters. The Morgan fingerprint density at radius 3 is 1.93 bits per heavy atom. The first-order valence-electron chi connectivity index (χ1n) is 4.63. The normalized spacial score (nSPS) is 15.8. The maximum absolute atomic E-state index is 3.44. The second kappa shape index (κ2) is 4.43. The van der Waals surface area contributed by atoms with Gasteiger partial charge in [0.25, 0.3) is 0 Å². The average Bonchev–Trinajstić information content (AvgIpc) is 2.47. The van der Waals surface area contributed by atoms with Crippen molar-refractivity contribution in [2.24, 2.45) is 0 Å². The number of hydrogen-bond donors (Lipinski definition) is 0. The molecule has 0 amide bonds. The Bertz CT molecular complexity index is 366. The van der Waals surface area contributed by atoms with Crippen molar-refractivity contribution in [3.8, 4) is 0 Å². The maximum atomic E-state index is 3.44. The van der Waals surface area contributed by atoms with E-state index in [1.165, 1.54) is 5.56 Å². The second-order valence-corrected chi connectivity index (χ2v) is 4.15. The molecule has 1 aliphatic carbocycles. The quantitative estimate of drug-likeness (QED) is 0.697. The fourth-order valence-electron chi connectivity index (χ4n) is 1.47. The fourth-order valence-corrected chi connectivity index (χ4v) is 1.73. The lowest BCUT2D eigenvalue weighted by atomic mass is 9.99. The van der Waals surface area contributed by atoms with Gasteiger partial charge in [-0.05, 0) is 17.7 Å². The molecule has 0 saturated carbocycles. The summed E-state index contributed by atoms with van der Waals surface area (Å²) in [7, 11) is 0. The van der Waals surface area contributed by atoms with Crippen molar-refractivity contribution in [2.45, 2.75) is 5.92 Å². The molecule has 0 heterocycles. The van der Waals surface area contributed by atoms with Gasteiger partial charge in [-0.15, -0.1) is 0 Å². The van der Waals surface area contributed by atoms with Gasteiger partial charge in [-0.1, -0.05) is 64.5 Å². The van der Waals surface area contributed by atoms with Crippen molar-refractivity contribution < 1.29 is 0 Å². The summed E-state index contributed by atoms with van der Waals surface area (Å²) >= 11 is 3.44. The molecule has 1 aromatic carbocycles. The highest BCUT2D eigenvalue weighted by atomic mass is 79.9. The largest absolute Gasteiger partial charge is 0.0732 e. The molecule has 0 nitrogen and oxygen atoms in total. The minimum Gasteiger partial charge on any atom is -0.0732 e. The van der Waals surface area contributed by atoms with E-state index in [4.69, 9.17) is 0 Å². The van der Waals surface area contributed by atoms with Crippen LogP contribution in [-0.2, 0) is 0 Å². The summed E-state index contributed by atoms with van der Waals surface area (Å²) in [4.78, 5) is 0. The van der Waals surface area contributed by atoms with Crippen LogP contribution in [0, 0.1) is 0 Å². The standard InChI is InChI=1S/C13H11Br/c14-13-9-7-12(8-10-13)11-5-3-1-2-4-6-11/h1-11H. The van der Waals surface area contributed by atoms with Crippen LogP contribution in [0.15, 0.2) is 65.2 Å². The monoisotopic (exact) mass is 246 g/mol. The number of hydrogen-bond acceptors (Lipinski definition) is 0. The van der Waals surface area contributed by atoms with E-state index in [-0.39, 0.29) is 0 Å². The molecule has 1 heteroatoms. The van der Waals surface area contributed by atoms with Gasteiger partial charge in [0.1, 0.15) is 0 Å². The molecule has 0 spiro atoms. The molecular formula is C13H11Br. The van der Waals surface area contributed by atoms with Gasteiger partial charge in [0.05, 0.1) is 0 Å². The van der Waals surface area contributed by atoms with Crippen molar-refractivity contribution in [1.82, 2.24) is 0 Å². The third-order valence-corrected chi connectivity index (χ3v) is 2.75. The average molecular weight is 247 g/mol. The first-order valence-corrected chi connectivity index (χ1v) is 5.43. The molecule has 0 unspecified atom stereocenters. The van der Waals surface area contributed by atoms with Crippen molar-refractivity contribution >= 4 is 15.9 Å². The van der Waals surface area contributed by atoms with Crippen LogP contribution in [0.1, 0.15) is 11.5 Å². The SMILES string of the molecule is Brc1ccc(C2C=CC=CC=C2)cc1. The molecule has 0 aliphatic heterocycles. The van der Waals surface area contributed by atoms with Gasteiger partial charge < -0.3 is 0 Å². The van der Waals surface area contributed by atoms with Gasteiger partial charge in [0.15, 0.2) is 0 Å². The van der Waals surface area contributed by atoms with E-state index in [0.29, 0.717) is 5.92 Å². The summed E-state index contributed by atoms with van der Waals surface area (Å²) in [5.74, 6) is 0.401. The Balaban J connectivity index is 2.27. The lowest BCUT2D eigenvalue weighted by molar-refractivity contribution is 1.08. The van der Waals surface area contributed by atoms with E-state index in [2.05, 4.69) is 76.7 Å². The summed E-state index contributed by atoms with van der Waals surface area (Å²) in [6, 6.07) is 8.45. The Hall–Kier alpha value is -1.08. The first-order chi connectivity index (χ1) is 6.86. The molecule has 0 saturated heterocycles. The molecule has 0 fully saturated rings. The summed E-state index contributed by atoms with van der Waals surface area (Å²) in [5, 5.41) is 0. The van der Waals surface area contributed by atoms with Crippen LogP contribution in [0.25, 0.3) is 0 Å². The van der Waals surface area contributed by atoms with Gasteiger partial charge in [-0.2, -0.15) is 0 Å². The summed E-state index contributed by atoms with van der Waals surface area (Å²) in [5.41, 5.74) is 1.32. The molecule has 1 aliphatic rings. The Morgan fingerprint density at radius 2 is 1.36 bits per heavy atom. The minimum atomic E-state index is 0.401. The Labute approximate surface area is 92.8 Å². The zero-order valence-electron chi connectivity index (χ0n) is 7.73. The minimum absolute atomic E-state index is 0.401. The molecule has 0 N–H and O–H groups in total. The van der Waals surface area contributed by atoms with Crippen molar-refractivity contribution in [1.29, 1.82) is 0 Å². The third-order valence-electron chi connectivity index (χ3n) is 2.23. The van der Waals surface area contributed by atoms with Gasteiger partial charge in [0, 0.05) is 10.4 Å². The predicted molar refractivity (Wildman–Crippen MR) is 64.3 cm³/mol. The highest BCUT2D eigenvalue weighted by Crippen LogP contribution is 2.22. The molecular weight excluding hydrogens is 236 g/mol. The maximum Gasteiger partial charge on any atom is 0.0204 e. The highest BCUT2D eigenvalue weighted by Gasteiger charge is 2.03. The highest BCUT2D eigenvalue weighted by molar-refractivity contribution is 9.10. The molecule has 14 heavy (non-hydrogen) atoms. The molecule has 2 rings (SSSR count). The van der Waals surface area contributed by atoms with Crippen molar-refractivity contribution in [3.63, 3.8) is 0 Å². The summed E-state index contributed by atoms with van der Waals surface area (Å²) in [6.07, 6.45) is 12.7. The molecule has 0 bridgehead atoms. The number of rotatable bonds is 1. The van der Waals surface area contributed by atoms with Crippen LogP contribution >= 0.6 is 15.9 Å². The zero-order chi connectivity index (χ0) is 9.80. The lowest BCUT2D eigenvalue weighted by Crippen LogP contribution is -1.89. The van der Waals surface area contributed by atoms with Crippen molar-refractivity contribution in [2.75, 3.05) is 0 Å². The molecule has 70 valence electrons. The van der Waals surface area contributed by atoms with E-state index in [9.17, 15) is 0 Å². The van der Waals surface area contributed by atoms with Crippen LogP contribution in [0.3, 0.4) is 0 Å². The molecule has 0 radical (unpaired) electrons. The fraction of sp³-hybridized carbons (Fsp3) is 0.0769. The van der Waals surface area contributed by atoms with Crippen LogP contribution in [0.2, 0.25) is 0 Å². The van der Waals surface area contributed by atoms with Crippen LogP contribution in [0.5, 0.6) is 0 Å². The third kappa shape index (κ3) is 2.24. The molecule has 0 aromatic heterocycles. The van der Waals surface area contributed by atoms with E-state index >= 15 is 0 Å². The second-order valence-electron chi connectivity index (χ2n) is 3.23. The lowest BCUT2D eigenvalue weighted by Gasteiger charge is -2.07. The Kier molecular flexibility index (Phi) is 3.00. The van der Waals surface area contributed by atoms with Gasteiger partial charge in [-0.25, -0.2) is 0 Å². The van der Waals surface area contributed by atoms with Crippen LogP contribution in [0.4, 0.5) is 0 Å². The zero-order valence-corrected chi connectivity index (χ0v) is 9.31. The van der Waals surface area contributed by atoms with E-state index < -0.39 is 0 Å². The Morgan fingerprint density at radius 1 is 0.786 bits per heavy atom. The predicted octanol–water partition coefficient (Wildman–Crippen LogP) is 4.21. The summed E-state index contributed by atoms with van der Waals surface area (Å²) in [6.45, 7) is 0. The number of benzene rings is 1. The smallest absolute Gasteiger partial charge is 0.0204 e. The van der Waals surface area contributed by atoms with Crippen molar-refractivity contribution in [3.05, 3.63) is 70.8 Å². The van der Waals surface area contributed by atoms with E-state index in [1.807, 2.05) is 0 Å². The van der Waals surface area contributed by atoms with Crippen LogP contribution in [-0.4, -0.2) is 0 Å². The van der Waals surface area contributed by atoms with E-state index in [1.54, 1.807) is 0 Å².